The van der Waals surface area contributed by atoms with Crippen LogP contribution in [0.4, 0.5) is 5.69 Å². The van der Waals surface area contributed by atoms with Gasteiger partial charge in [0.25, 0.3) is 0 Å². The van der Waals surface area contributed by atoms with Crippen LogP contribution in [0.3, 0.4) is 0 Å². The SMILES string of the molecule is N#C[Se]CCCCN1C(=O)C(=O)c2cc(Br)cc(Br)c21. The van der Waals surface area contributed by atoms with Crippen molar-refractivity contribution in [3.8, 4) is 4.97 Å². The monoisotopic (exact) mass is 464 g/mol. The van der Waals surface area contributed by atoms with Gasteiger partial charge in [-0.2, -0.15) is 0 Å². The second-order valence-electron chi connectivity index (χ2n) is 4.22. The third-order valence-corrected chi connectivity index (χ3v) is 5.29. The van der Waals surface area contributed by atoms with E-state index in [9.17, 15) is 9.59 Å². The first kappa shape index (κ1) is 15.7. The van der Waals surface area contributed by atoms with Crippen molar-refractivity contribution in [3.63, 3.8) is 0 Å². The normalized spacial score (nSPS) is 13.6. The number of carbonyl (C=O) groups is 2. The van der Waals surface area contributed by atoms with Crippen LogP contribution in [0.25, 0.3) is 0 Å². The van der Waals surface area contributed by atoms with Gasteiger partial charge in [0.05, 0.1) is 0 Å². The molecule has 1 aliphatic heterocycles. The molecular weight excluding hydrogens is 455 g/mol. The van der Waals surface area contributed by atoms with Crippen molar-refractivity contribution in [1.82, 2.24) is 0 Å². The zero-order valence-corrected chi connectivity index (χ0v) is 15.2. The number of nitrogens with zero attached hydrogens (tertiary/aromatic N) is 2. The van der Waals surface area contributed by atoms with Gasteiger partial charge in [-0.1, -0.05) is 0 Å². The molecule has 0 bridgehead atoms. The summed E-state index contributed by atoms with van der Waals surface area (Å²) in [6.07, 6.45) is 1.69. The summed E-state index contributed by atoms with van der Waals surface area (Å²) in [6, 6.07) is 3.51. The molecule has 0 saturated heterocycles. The number of halogens is 2. The fourth-order valence-electron chi connectivity index (χ4n) is 2.06. The van der Waals surface area contributed by atoms with Crippen molar-refractivity contribution in [2.24, 2.45) is 0 Å². The zero-order valence-electron chi connectivity index (χ0n) is 10.4. The number of nitriles is 1. The third kappa shape index (κ3) is 3.15. The van der Waals surface area contributed by atoms with Crippen molar-refractivity contribution in [3.05, 3.63) is 26.6 Å². The number of carbonyl (C=O) groups excluding carboxylic acids is 2. The Balaban J connectivity index is 2.15. The van der Waals surface area contributed by atoms with E-state index in [1.165, 1.54) is 4.90 Å². The van der Waals surface area contributed by atoms with Gasteiger partial charge in [0, 0.05) is 0 Å². The van der Waals surface area contributed by atoms with E-state index < -0.39 is 11.7 Å². The van der Waals surface area contributed by atoms with Crippen molar-refractivity contribution < 1.29 is 9.59 Å². The van der Waals surface area contributed by atoms with E-state index in [0.717, 1.165) is 27.1 Å². The van der Waals surface area contributed by atoms with Crippen molar-refractivity contribution in [2.45, 2.75) is 18.2 Å². The van der Waals surface area contributed by atoms with Crippen LogP contribution in [0, 0.1) is 10.2 Å². The van der Waals surface area contributed by atoms with E-state index in [-0.39, 0.29) is 15.0 Å². The Bertz CT molecular complexity index is 613. The van der Waals surface area contributed by atoms with Crippen LogP contribution < -0.4 is 4.90 Å². The molecule has 1 aromatic rings. The van der Waals surface area contributed by atoms with Gasteiger partial charge in [-0.25, -0.2) is 0 Å². The number of rotatable bonds is 5. The van der Waals surface area contributed by atoms with E-state index in [0.29, 0.717) is 17.8 Å². The minimum atomic E-state index is -0.468. The number of ketones is 1. The quantitative estimate of drug-likeness (QED) is 0.382. The van der Waals surface area contributed by atoms with Crippen LogP contribution in [-0.2, 0) is 4.79 Å². The molecule has 1 aromatic carbocycles. The molecule has 0 aliphatic carbocycles. The van der Waals surface area contributed by atoms with Gasteiger partial charge < -0.3 is 0 Å². The summed E-state index contributed by atoms with van der Waals surface area (Å²) in [5.74, 6) is -0.923. The molecule has 7 heteroatoms. The summed E-state index contributed by atoms with van der Waals surface area (Å²) in [5.41, 5.74) is 1.10. The molecule has 4 nitrogen and oxygen atoms in total. The second kappa shape index (κ2) is 6.86. The number of anilines is 1. The van der Waals surface area contributed by atoms with E-state index in [1.807, 2.05) is 6.07 Å². The minimum absolute atomic E-state index is 0.0220. The molecule has 1 aliphatic rings. The van der Waals surface area contributed by atoms with Gasteiger partial charge >= 0.3 is 140 Å². The van der Waals surface area contributed by atoms with Gasteiger partial charge in [-0.05, 0) is 0 Å². The number of Topliss-reactive ketones (excluding diaryl/α,β-unsaturated/α-hetero) is 1. The summed E-state index contributed by atoms with van der Waals surface area (Å²) < 4.78 is 1.50. The summed E-state index contributed by atoms with van der Waals surface area (Å²) >= 11 is 6.76. The van der Waals surface area contributed by atoms with Gasteiger partial charge in [0.1, 0.15) is 0 Å². The first-order valence-electron chi connectivity index (χ1n) is 5.92. The zero-order chi connectivity index (χ0) is 14.7. The maximum atomic E-state index is 12.0. The molecule has 0 saturated carbocycles. The number of amides is 1. The van der Waals surface area contributed by atoms with Crippen LogP contribution in [0.2, 0.25) is 5.32 Å². The molecular formula is C13H10Br2N2O2Se. The molecule has 0 unspecified atom stereocenters. The first-order valence-corrected chi connectivity index (χ1v) is 9.57. The molecule has 2 rings (SSSR count). The van der Waals surface area contributed by atoms with Gasteiger partial charge in [-0.3, -0.25) is 0 Å². The molecule has 0 spiro atoms. The van der Waals surface area contributed by atoms with Crippen LogP contribution in [0.5, 0.6) is 0 Å². The van der Waals surface area contributed by atoms with Crippen LogP contribution in [0.15, 0.2) is 21.1 Å². The predicted molar refractivity (Wildman–Crippen MR) is 83.9 cm³/mol. The van der Waals surface area contributed by atoms with Crippen molar-refractivity contribution >= 4 is 64.2 Å². The Morgan fingerprint density at radius 1 is 1.25 bits per heavy atom. The molecule has 0 N–H and O–H groups in total. The van der Waals surface area contributed by atoms with Crippen LogP contribution in [-0.4, -0.2) is 33.2 Å². The van der Waals surface area contributed by atoms with Crippen LogP contribution in [0.1, 0.15) is 23.2 Å². The van der Waals surface area contributed by atoms with Gasteiger partial charge in [0.15, 0.2) is 0 Å². The fraction of sp³-hybridized carbons (Fsp3) is 0.308. The predicted octanol–water partition coefficient (Wildman–Crippen LogP) is 3.12. The third-order valence-electron chi connectivity index (χ3n) is 2.92. The molecule has 1 heterocycles. The average Bonchev–Trinajstić information content (AvgIpc) is 2.64. The van der Waals surface area contributed by atoms with Crippen molar-refractivity contribution in [2.75, 3.05) is 11.4 Å². The Hall–Kier alpha value is -0.671. The fourth-order valence-corrected chi connectivity index (χ4v) is 4.42. The Kier molecular flexibility index (Phi) is 5.39. The number of hydrogen-bond acceptors (Lipinski definition) is 3. The number of unbranched alkanes of at least 4 members (excludes halogenated alkanes) is 1. The Labute approximate surface area is 139 Å². The molecule has 104 valence electrons. The molecule has 1 amide bonds. The molecule has 20 heavy (non-hydrogen) atoms. The van der Waals surface area contributed by atoms with Gasteiger partial charge in [0.2, 0.25) is 0 Å². The average molecular weight is 465 g/mol. The molecule has 0 radical (unpaired) electrons. The number of benzene rings is 1. The Morgan fingerprint density at radius 3 is 2.70 bits per heavy atom. The van der Waals surface area contributed by atoms with E-state index >= 15 is 0 Å². The summed E-state index contributed by atoms with van der Waals surface area (Å²) in [7, 11) is 0. The van der Waals surface area contributed by atoms with Crippen molar-refractivity contribution in [1.29, 1.82) is 5.26 Å². The summed E-state index contributed by atoms with van der Waals surface area (Å²) in [5, 5.41) is 9.39. The number of hydrogen-bond donors (Lipinski definition) is 0. The van der Waals surface area contributed by atoms with Crippen LogP contribution >= 0.6 is 31.9 Å². The Morgan fingerprint density at radius 2 is 2.00 bits per heavy atom. The first-order chi connectivity index (χ1) is 9.56. The van der Waals surface area contributed by atoms with E-state index in [2.05, 4.69) is 36.8 Å². The van der Waals surface area contributed by atoms with Gasteiger partial charge in [-0.15, -0.1) is 0 Å². The molecule has 0 aromatic heterocycles. The van der Waals surface area contributed by atoms with E-state index in [4.69, 9.17) is 5.26 Å². The molecule has 0 atom stereocenters. The van der Waals surface area contributed by atoms with E-state index in [1.54, 1.807) is 6.07 Å². The standard InChI is InChI=1S/C13H10Br2N2O2Se/c14-8-5-9-11(10(15)6-8)17(13(19)12(9)18)3-1-2-4-20-7-16/h5-6H,1-4H2. The second-order valence-corrected chi connectivity index (χ2v) is 7.83. The topological polar surface area (TPSA) is 61.2 Å². The summed E-state index contributed by atoms with van der Waals surface area (Å²) in [6.45, 7) is 0.513. The summed E-state index contributed by atoms with van der Waals surface area (Å²) in [4.78, 5) is 27.7. The molecule has 0 fully saturated rings. The maximum absolute atomic E-state index is 12.0. The number of fused-ring (bicyclic) bond motifs is 1.